The molecule has 15 heavy (non-hydrogen) atoms. The second kappa shape index (κ2) is 4.86. The topological polar surface area (TPSA) is 35.2 Å². The van der Waals surface area contributed by atoms with E-state index in [1.54, 1.807) is 0 Å². The molecule has 0 bridgehead atoms. The van der Waals surface area contributed by atoms with Crippen LogP contribution in [0, 0.1) is 13.8 Å². The Morgan fingerprint density at radius 2 is 2.07 bits per heavy atom. The van der Waals surface area contributed by atoms with Gasteiger partial charge in [-0.05, 0) is 44.9 Å². The number of aryl methyl sites for hydroxylation is 1. The molecule has 0 aliphatic carbocycles. The molecule has 0 amide bonds. The van der Waals surface area contributed by atoms with Crippen molar-refractivity contribution in [2.75, 3.05) is 6.61 Å². The fourth-order valence-corrected chi connectivity index (χ4v) is 2.02. The minimum atomic E-state index is -0.0658. The average molecular weight is 228 g/mol. The fourth-order valence-electron chi connectivity index (χ4n) is 1.76. The summed E-state index contributed by atoms with van der Waals surface area (Å²) in [6, 6.07) is 1.86. The molecular weight excluding hydrogens is 210 g/mol. The van der Waals surface area contributed by atoms with Crippen LogP contribution in [-0.4, -0.2) is 6.61 Å². The van der Waals surface area contributed by atoms with Crippen molar-refractivity contribution in [1.82, 2.24) is 0 Å². The number of nitrogens with two attached hydrogens (primary N) is 1. The average Bonchev–Trinajstić information content (AvgIpc) is 2.14. The SMILES string of the molecule is CCOc1c(C)cc(Cl)c(C)c1C(C)N. The highest BCUT2D eigenvalue weighted by molar-refractivity contribution is 6.31. The van der Waals surface area contributed by atoms with Gasteiger partial charge in [-0.3, -0.25) is 0 Å². The molecule has 0 radical (unpaired) electrons. The van der Waals surface area contributed by atoms with Crippen LogP contribution in [0.1, 0.15) is 36.6 Å². The molecule has 1 aromatic rings. The Bertz CT molecular complexity index is 361. The van der Waals surface area contributed by atoms with Crippen LogP contribution in [0.2, 0.25) is 5.02 Å². The van der Waals surface area contributed by atoms with E-state index in [1.807, 2.05) is 33.8 Å². The fraction of sp³-hybridized carbons (Fsp3) is 0.500. The van der Waals surface area contributed by atoms with Gasteiger partial charge in [0.25, 0.3) is 0 Å². The van der Waals surface area contributed by atoms with Crippen LogP contribution in [-0.2, 0) is 0 Å². The molecule has 3 heteroatoms. The lowest BCUT2D eigenvalue weighted by molar-refractivity contribution is 0.332. The largest absolute Gasteiger partial charge is 0.493 e. The van der Waals surface area contributed by atoms with E-state index < -0.39 is 0 Å². The van der Waals surface area contributed by atoms with Gasteiger partial charge in [-0.1, -0.05) is 11.6 Å². The molecule has 1 atom stereocenters. The summed E-state index contributed by atoms with van der Waals surface area (Å²) in [4.78, 5) is 0. The normalized spacial score (nSPS) is 12.7. The van der Waals surface area contributed by atoms with Crippen molar-refractivity contribution in [1.29, 1.82) is 0 Å². The number of hydrogen-bond donors (Lipinski definition) is 1. The third-order valence-electron chi connectivity index (χ3n) is 2.45. The molecule has 2 N–H and O–H groups in total. The van der Waals surface area contributed by atoms with Crippen LogP contribution in [0.5, 0.6) is 5.75 Å². The van der Waals surface area contributed by atoms with Crippen LogP contribution in [0.15, 0.2) is 6.07 Å². The highest BCUT2D eigenvalue weighted by Crippen LogP contribution is 2.35. The Labute approximate surface area is 96.4 Å². The Balaban J connectivity index is 3.40. The third kappa shape index (κ3) is 2.44. The maximum Gasteiger partial charge on any atom is 0.127 e. The summed E-state index contributed by atoms with van der Waals surface area (Å²) in [6.07, 6.45) is 0. The Kier molecular flexibility index (Phi) is 4.00. The van der Waals surface area contributed by atoms with Crippen molar-refractivity contribution in [3.63, 3.8) is 0 Å². The minimum Gasteiger partial charge on any atom is -0.493 e. The lowest BCUT2D eigenvalue weighted by Gasteiger charge is -2.19. The maximum absolute atomic E-state index is 6.12. The molecule has 2 nitrogen and oxygen atoms in total. The number of rotatable bonds is 3. The van der Waals surface area contributed by atoms with Crippen molar-refractivity contribution < 1.29 is 4.74 Å². The lowest BCUT2D eigenvalue weighted by Crippen LogP contribution is -2.11. The number of benzene rings is 1. The van der Waals surface area contributed by atoms with Crippen LogP contribution < -0.4 is 10.5 Å². The van der Waals surface area contributed by atoms with E-state index in [9.17, 15) is 0 Å². The monoisotopic (exact) mass is 227 g/mol. The van der Waals surface area contributed by atoms with Crippen molar-refractivity contribution in [3.05, 3.63) is 27.8 Å². The molecule has 0 spiro atoms. The van der Waals surface area contributed by atoms with E-state index in [2.05, 4.69) is 0 Å². The molecule has 0 aromatic heterocycles. The first-order valence-corrected chi connectivity index (χ1v) is 5.54. The molecule has 84 valence electrons. The number of halogens is 1. The quantitative estimate of drug-likeness (QED) is 0.859. The van der Waals surface area contributed by atoms with Gasteiger partial charge in [-0.15, -0.1) is 0 Å². The molecule has 0 fully saturated rings. The van der Waals surface area contributed by atoms with Gasteiger partial charge in [0.15, 0.2) is 0 Å². The van der Waals surface area contributed by atoms with E-state index in [4.69, 9.17) is 22.1 Å². The summed E-state index contributed by atoms with van der Waals surface area (Å²) < 4.78 is 5.63. The zero-order valence-electron chi connectivity index (χ0n) is 9.73. The zero-order chi connectivity index (χ0) is 11.6. The zero-order valence-corrected chi connectivity index (χ0v) is 10.5. The van der Waals surface area contributed by atoms with Crippen molar-refractivity contribution in [3.8, 4) is 5.75 Å². The van der Waals surface area contributed by atoms with E-state index in [1.165, 1.54) is 0 Å². The van der Waals surface area contributed by atoms with E-state index in [-0.39, 0.29) is 6.04 Å². The molecular formula is C12H18ClNO. The summed E-state index contributed by atoms with van der Waals surface area (Å²) >= 11 is 6.12. The Morgan fingerprint density at radius 1 is 1.47 bits per heavy atom. The van der Waals surface area contributed by atoms with Crippen molar-refractivity contribution in [2.24, 2.45) is 5.73 Å². The van der Waals surface area contributed by atoms with Gasteiger partial charge in [0.05, 0.1) is 6.61 Å². The smallest absolute Gasteiger partial charge is 0.127 e. The highest BCUT2D eigenvalue weighted by Gasteiger charge is 2.16. The molecule has 1 aromatic carbocycles. The van der Waals surface area contributed by atoms with Gasteiger partial charge >= 0.3 is 0 Å². The summed E-state index contributed by atoms with van der Waals surface area (Å²) in [7, 11) is 0. The molecule has 0 aliphatic heterocycles. The van der Waals surface area contributed by atoms with Crippen LogP contribution in [0.3, 0.4) is 0 Å². The van der Waals surface area contributed by atoms with Crippen LogP contribution in [0.4, 0.5) is 0 Å². The maximum atomic E-state index is 6.12. The third-order valence-corrected chi connectivity index (χ3v) is 2.84. The standard InChI is InChI=1S/C12H18ClNO/c1-5-15-12-7(2)6-10(13)8(3)11(12)9(4)14/h6,9H,5,14H2,1-4H3. The van der Waals surface area contributed by atoms with Gasteiger partial charge in [0.2, 0.25) is 0 Å². The second-order valence-corrected chi connectivity index (χ2v) is 4.17. The van der Waals surface area contributed by atoms with Crippen molar-refractivity contribution >= 4 is 11.6 Å². The van der Waals surface area contributed by atoms with Gasteiger partial charge in [-0.2, -0.15) is 0 Å². The van der Waals surface area contributed by atoms with Crippen LogP contribution >= 0.6 is 11.6 Å². The number of hydrogen-bond acceptors (Lipinski definition) is 2. The number of ether oxygens (including phenoxy) is 1. The van der Waals surface area contributed by atoms with E-state index in [0.717, 1.165) is 27.5 Å². The molecule has 1 rings (SSSR count). The van der Waals surface area contributed by atoms with E-state index >= 15 is 0 Å². The van der Waals surface area contributed by atoms with Gasteiger partial charge in [0, 0.05) is 16.6 Å². The highest BCUT2D eigenvalue weighted by atomic mass is 35.5. The van der Waals surface area contributed by atoms with Gasteiger partial charge in [-0.25, -0.2) is 0 Å². The van der Waals surface area contributed by atoms with Gasteiger partial charge in [0.1, 0.15) is 5.75 Å². The Morgan fingerprint density at radius 3 is 2.53 bits per heavy atom. The molecule has 0 aliphatic rings. The predicted molar refractivity (Wildman–Crippen MR) is 64.7 cm³/mol. The summed E-state index contributed by atoms with van der Waals surface area (Å²) in [5.41, 5.74) is 9.02. The molecule has 0 heterocycles. The first kappa shape index (κ1) is 12.3. The first-order valence-electron chi connectivity index (χ1n) is 5.17. The predicted octanol–water partition coefficient (Wildman–Crippen LogP) is 3.38. The van der Waals surface area contributed by atoms with Crippen LogP contribution in [0.25, 0.3) is 0 Å². The molecule has 0 saturated heterocycles. The molecule has 0 saturated carbocycles. The van der Waals surface area contributed by atoms with E-state index in [0.29, 0.717) is 6.61 Å². The summed E-state index contributed by atoms with van der Waals surface area (Å²) in [5.74, 6) is 0.884. The first-order chi connectivity index (χ1) is 6.99. The van der Waals surface area contributed by atoms with Gasteiger partial charge < -0.3 is 10.5 Å². The molecule has 1 unspecified atom stereocenters. The summed E-state index contributed by atoms with van der Waals surface area (Å²) in [5, 5.41) is 0.753. The minimum absolute atomic E-state index is 0.0658. The lowest BCUT2D eigenvalue weighted by atomic mass is 9.98. The Hall–Kier alpha value is -0.730. The second-order valence-electron chi connectivity index (χ2n) is 3.76. The van der Waals surface area contributed by atoms with Crippen molar-refractivity contribution in [2.45, 2.75) is 33.7 Å². The summed E-state index contributed by atoms with van der Waals surface area (Å²) in [6.45, 7) is 8.52.